The Kier molecular flexibility index (Phi) is 3.93. The van der Waals surface area contributed by atoms with E-state index in [9.17, 15) is 4.79 Å². The van der Waals surface area contributed by atoms with Crippen molar-refractivity contribution in [2.24, 2.45) is 0 Å². The van der Waals surface area contributed by atoms with Gasteiger partial charge in [-0.3, -0.25) is 4.79 Å². The van der Waals surface area contributed by atoms with Crippen molar-refractivity contribution in [2.45, 2.75) is 51.4 Å². The first kappa shape index (κ1) is 15.5. The van der Waals surface area contributed by atoms with Gasteiger partial charge >= 0.3 is 0 Å². The molecule has 3 atom stereocenters. The normalized spacial score (nSPS) is 27.0. The summed E-state index contributed by atoms with van der Waals surface area (Å²) in [5, 5.41) is 7.30. The lowest BCUT2D eigenvalue weighted by Crippen LogP contribution is -2.49. The zero-order valence-electron chi connectivity index (χ0n) is 13.9. The maximum absolute atomic E-state index is 12.5. The molecule has 1 N–H and O–H groups in total. The van der Waals surface area contributed by atoms with Crippen molar-refractivity contribution >= 4 is 11.7 Å². The van der Waals surface area contributed by atoms with Crippen molar-refractivity contribution in [3.05, 3.63) is 23.3 Å². The molecule has 2 aromatic rings. The van der Waals surface area contributed by atoms with Crippen molar-refractivity contribution in [1.82, 2.24) is 24.9 Å². The van der Waals surface area contributed by atoms with Gasteiger partial charge in [0.1, 0.15) is 0 Å². The van der Waals surface area contributed by atoms with E-state index in [2.05, 4.69) is 20.4 Å². The van der Waals surface area contributed by atoms with E-state index < -0.39 is 0 Å². The summed E-state index contributed by atoms with van der Waals surface area (Å²) in [6.07, 6.45) is 2.77. The Labute approximate surface area is 139 Å². The van der Waals surface area contributed by atoms with Crippen LogP contribution in [-0.4, -0.2) is 57.0 Å². The lowest BCUT2D eigenvalue weighted by atomic mass is 9.89. The number of aromatic nitrogens is 4. The number of hydrogen-bond donors (Lipinski definition) is 1. The van der Waals surface area contributed by atoms with Crippen LogP contribution in [0, 0.1) is 13.8 Å². The van der Waals surface area contributed by atoms with Gasteiger partial charge in [-0.25, -0.2) is 9.50 Å². The van der Waals surface area contributed by atoms with Gasteiger partial charge in [0, 0.05) is 17.4 Å². The summed E-state index contributed by atoms with van der Waals surface area (Å²) in [4.78, 5) is 21.1. The van der Waals surface area contributed by atoms with E-state index in [1.54, 1.807) is 4.52 Å². The molecule has 24 heavy (non-hydrogen) atoms. The van der Waals surface area contributed by atoms with E-state index in [0.717, 1.165) is 30.7 Å². The highest BCUT2D eigenvalue weighted by Gasteiger charge is 2.35. The largest absolute Gasteiger partial charge is 0.373 e. The van der Waals surface area contributed by atoms with E-state index in [0.29, 0.717) is 19.0 Å². The first-order chi connectivity index (χ1) is 11.6. The molecule has 1 aliphatic heterocycles. The van der Waals surface area contributed by atoms with Gasteiger partial charge in [0.2, 0.25) is 5.82 Å². The van der Waals surface area contributed by atoms with Gasteiger partial charge in [0.15, 0.2) is 0 Å². The van der Waals surface area contributed by atoms with Gasteiger partial charge in [-0.1, -0.05) is 0 Å². The smallest absolute Gasteiger partial charge is 0.291 e. The summed E-state index contributed by atoms with van der Waals surface area (Å²) in [5.41, 5.74) is 1.75. The van der Waals surface area contributed by atoms with Crippen molar-refractivity contribution in [2.75, 3.05) is 13.2 Å². The maximum Gasteiger partial charge on any atom is 0.291 e. The number of nitrogens with one attached hydrogen (secondary N) is 1. The van der Waals surface area contributed by atoms with Crippen LogP contribution in [-0.2, 0) is 9.47 Å². The molecule has 128 valence electrons. The van der Waals surface area contributed by atoms with E-state index >= 15 is 0 Å². The van der Waals surface area contributed by atoms with Crippen LogP contribution in [0.3, 0.4) is 0 Å². The first-order valence-electron chi connectivity index (χ1n) is 8.35. The van der Waals surface area contributed by atoms with Crippen molar-refractivity contribution < 1.29 is 14.3 Å². The predicted molar refractivity (Wildman–Crippen MR) is 84.8 cm³/mol. The number of ether oxygens (including phenoxy) is 2. The van der Waals surface area contributed by atoms with Gasteiger partial charge in [0.25, 0.3) is 11.7 Å². The number of carbonyl (C=O) groups excluding carboxylic acids is 1. The quantitative estimate of drug-likeness (QED) is 0.876. The number of fused-ring (bicyclic) bond motifs is 2. The van der Waals surface area contributed by atoms with Crippen molar-refractivity contribution in [3.63, 3.8) is 0 Å². The molecule has 0 spiro atoms. The standard InChI is InChI=1S/C16H21N5O3/c1-9-7-10(2)21-16(17-9)19-14(20-21)15(22)18-11-3-4-12-13(8-11)24-6-5-23-12/h7,11-13H,3-6,8H2,1-2H3,(H,18,22). The summed E-state index contributed by atoms with van der Waals surface area (Å²) >= 11 is 0. The van der Waals surface area contributed by atoms with Crippen LogP contribution < -0.4 is 5.32 Å². The fourth-order valence-electron chi connectivity index (χ4n) is 3.51. The Balaban J connectivity index is 1.47. The molecule has 8 nitrogen and oxygen atoms in total. The van der Waals surface area contributed by atoms with Crippen LogP contribution in [0.25, 0.3) is 5.78 Å². The molecule has 1 aliphatic carbocycles. The molecule has 1 saturated heterocycles. The number of carbonyl (C=O) groups is 1. The van der Waals surface area contributed by atoms with Crippen molar-refractivity contribution in [1.29, 1.82) is 0 Å². The van der Waals surface area contributed by atoms with Crippen LogP contribution in [0.4, 0.5) is 0 Å². The van der Waals surface area contributed by atoms with Crippen LogP contribution in [0.5, 0.6) is 0 Å². The number of nitrogens with zero attached hydrogens (tertiary/aromatic N) is 4. The van der Waals surface area contributed by atoms with Crippen LogP contribution in [0.1, 0.15) is 41.3 Å². The highest BCUT2D eigenvalue weighted by atomic mass is 16.6. The van der Waals surface area contributed by atoms with E-state index in [4.69, 9.17) is 9.47 Å². The van der Waals surface area contributed by atoms with Gasteiger partial charge in [-0.05, 0) is 39.2 Å². The Morgan fingerprint density at radius 1 is 1.21 bits per heavy atom. The minimum atomic E-state index is -0.266. The highest BCUT2D eigenvalue weighted by molar-refractivity contribution is 5.91. The third-order valence-electron chi connectivity index (χ3n) is 4.63. The van der Waals surface area contributed by atoms with Gasteiger partial charge < -0.3 is 14.8 Å². The van der Waals surface area contributed by atoms with E-state index in [-0.39, 0.29) is 30.0 Å². The predicted octanol–water partition coefficient (Wildman–Crippen LogP) is 0.807. The van der Waals surface area contributed by atoms with Crippen molar-refractivity contribution in [3.8, 4) is 0 Å². The summed E-state index contributed by atoms with van der Waals surface area (Å²) in [6, 6.07) is 1.97. The number of amides is 1. The second-order valence-corrected chi connectivity index (χ2v) is 6.49. The fourth-order valence-corrected chi connectivity index (χ4v) is 3.51. The lowest BCUT2D eigenvalue weighted by molar-refractivity contribution is -0.157. The average molecular weight is 331 g/mol. The fraction of sp³-hybridized carbons (Fsp3) is 0.625. The molecular formula is C16H21N5O3. The molecule has 0 bridgehead atoms. The molecule has 2 aromatic heterocycles. The van der Waals surface area contributed by atoms with E-state index in [1.807, 2.05) is 19.9 Å². The minimum Gasteiger partial charge on any atom is -0.373 e. The molecule has 3 unspecified atom stereocenters. The number of rotatable bonds is 2. The average Bonchev–Trinajstić information content (AvgIpc) is 2.99. The first-order valence-corrected chi connectivity index (χ1v) is 8.35. The number of aryl methyl sites for hydroxylation is 2. The lowest BCUT2D eigenvalue weighted by Gasteiger charge is -2.38. The van der Waals surface area contributed by atoms with Gasteiger partial charge in [-0.15, -0.1) is 5.10 Å². The summed E-state index contributed by atoms with van der Waals surface area (Å²) in [6.45, 7) is 5.10. The zero-order valence-corrected chi connectivity index (χ0v) is 13.9. The topological polar surface area (TPSA) is 90.6 Å². The van der Waals surface area contributed by atoms with Gasteiger partial charge in [0.05, 0.1) is 25.4 Å². The van der Waals surface area contributed by atoms with Crippen LogP contribution >= 0.6 is 0 Å². The molecule has 0 aromatic carbocycles. The highest BCUT2D eigenvalue weighted by Crippen LogP contribution is 2.26. The molecule has 4 rings (SSSR count). The van der Waals surface area contributed by atoms with Crippen LogP contribution in [0.15, 0.2) is 6.07 Å². The molecule has 8 heteroatoms. The second-order valence-electron chi connectivity index (χ2n) is 6.49. The Morgan fingerprint density at radius 3 is 2.83 bits per heavy atom. The second kappa shape index (κ2) is 6.10. The zero-order chi connectivity index (χ0) is 16.7. The molecule has 1 amide bonds. The third kappa shape index (κ3) is 2.87. The van der Waals surface area contributed by atoms with Gasteiger partial charge in [-0.2, -0.15) is 4.98 Å². The minimum absolute atomic E-state index is 0.0582. The molecule has 1 saturated carbocycles. The SMILES string of the molecule is Cc1cc(C)n2nc(C(=O)NC3CCC4OCCOC4C3)nc2n1. The summed E-state index contributed by atoms with van der Waals surface area (Å²) < 4.78 is 13.1. The Hall–Kier alpha value is -2.06. The summed E-state index contributed by atoms with van der Waals surface area (Å²) in [5.74, 6) is 0.335. The van der Waals surface area contributed by atoms with Crippen LogP contribution in [0.2, 0.25) is 0 Å². The third-order valence-corrected chi connectivity index (χ3v) is 4.63. The molecule has 3 heterocycles. The molecule has 0 radical (unpaired) electrons. The molecule has 2 fully saturated rings. The Morgan fingerprint density at radius 2 is 2.00 bits per heavy atom. The maximum atomic E-state index is 12.5. The molecular weight excluding hydrogens is 310 g/mol. The summed E-state index contributed by atoms with van der Waals surface area (Å²) in [7, 11) is 0. The molecule has 2 aliphatic rings. The van der Waals surface area contributed by atoms with E-state index in [1.165, 1.54) is 0 Å². The number of hydrogen-bond acceptors (Lipinski definition) is 6. The monoisotopic (exact) mass is 331 g/mol. The Bertz CT molecular complexity index is 774.